The van der Waals surface area contributed by atoms with Crippen molar-refractivity contribution in [2.45, 2.75) is 43.4 Å². The van der Waals surface area contributed by atoms with E-state index in [9.17, 15) is 0 Å². The molecule has 0 radical (unpaired) electrons. The Bertz CT molecular complexity index is 298. The van der Waals surface area contributed by atoms with Gasteiger partial charge in [-0.3, -0.25) is 0 Å². The minimum atomic E-state index is 0.0770. The molecule has 1 heterocycles. The molecule has 1 aliphatic rings. The van der Waals surface area contributed by atoms with Crippen molar-refractivity contribution >= 4 is 11.8 Å². The molecule has 0 aromatic carbocycles. The standard InChI is InChI=1S/C12H19N3S/c13-12(10-6-14-9-15-7-10)8-16-11-4-2-1-3-5-11/h6-7,9,11-12H,1-5,8,13H2. The number of rotatable bonds is 4. The second-order valence-electron chi connectivity index (χ2n) is 4.37. The smallest absolute Gasteiger partial charge is 0.115 e. The van der Waals surface area contributed by atoms with Crippen LogP contribution in [0.5, 0.6) is 0 Å². The van der Waals surface area contributed by atoms with Gasteiger partial charge in [0.25, 0.3) is 0 Å². The third-order valence-electron chi connectivity index (χ3n) is 3.07. The quantitative estimate of drug-likeness (QED) is 0.874. The molecule has 1 aliphatic carbocycles. The Morgan fingerprint density at radius 2 is 1.94 bits per heavy atom. The summed E-state index contributed by atoms with van der Waals surface area (Å²) in [5.41, 5.74) is 7.16. The molecular weight excluding hydrogens is 218 g/mol. The zero-order valence-electron chi connectivity index (χ0n) is 9.51. The van der Waals surface area contributed by atoms with E-state index >= 15 is 0 Å². The third-order valence-corrected chi connectivity index (χ3v) is 4.57. The van der Waals surface area contributed by atoms with E-state index in [-0.39, 0.29) is 6.04 Å². The zero-order valence-corrected chi connectivity index (χ0v) is 10.3. The van der Waals surface area contributed by atoms with Gasteiger partial charge in [-0.25, -0.2) is 9.97 Å². The Morgan fingerprint density at radius 1 is 1.25 bits per heavy atom. The molecule has 1 saturated carbocycles. The van der Waals surface area contributed by atoms with Crippen LogP contribution in [0.3, 0.4) is 0 Å². The van der Waals surface area contributed by atoms with E-state index in [1.807, 2.05) is 24.2 Å². The van der Waals surface area contributed by atoms with Gasteiger partial charge in [0.2, 0.25) is 0 Å². The molecule has 1 aromatic rings. The monoisotopic (exact) mass is 237 g/mol. The maximum atomic E-state index is 6.11. The number of nitrogens with two attached hydrogens (primary N) is 1. The molecule has 0 amide bonds. The number of nitrogens with zero attached hydrogens (tertiary/aromatic N) is 2. The van der Waals surface area contributed by atoms with Gasteiger partial charge in [0.05, 0.1) is 0 Å². The van der Waals surface area contributed by atoms with Crippen LogP contribution in [0.2, 0.25) is 0 Å². The molecule has 1 fully saturated rings. The zero-order chi connectivity index (χ0) is 11.2. The van der Waals surface area contributed by atoms with E-state index in [2.05, 4.69) is 9.97 Å². The van der Waals surface area contributed by atoms with Crippen molar-refractivity contribution in [1.29, 1.82) is 0 Å². The first-order valence-electron chi connectivity index (χ1n) is 5.98. The lowest BCUT2D eigenvalue weighted by Gasteiger charge is -2.22. The van der Waals surface area contributed by atoms with Crippen LogP contribution < -0.4 is 5.73 Å². The molecule has 16 heavy (non-hydrogen) atoms. The highest BCUT2D eigenvalue weighted by atomic mass is 32.2. The Balaban J connectivity index is 1.77. The molecule has 2 N–H and O–H groups in total. The maximum Gasteiger partial charge on any atom is 0.115 e. The summed E-state index contributed by atoms with van der Waals surface area (Å²) in [4.78, 5) is 8.00. The lowest BCUT2D eigenvalue weighted by Crippen LogP contribution is -2.17. The average Bonchev–Trinajstić information content (AvgIpc) is 2.38. The lowest BCUT2D eigenvalue weighted by atomic mass is 10.0. The number of aromatic nitrogens is 2. The van der Waals surface area contributed by atoms with Crippen molar-refractivity contribution in [2.24, 2.45) is 5.73 Å². The van der Waals surface area contributed by atoms with Gasteiger partial charge in [0, 0.05) is 35.0 Å². The molecule has 0 saturated heterocycles. The third kappa shape index (κ3) is 3.46. The minimum absolute atomic E-state index is 0.0770. The molecule has 0 spiro atoms. The minimum Gasteiger partial charge on any atom is -0.323 e. The van der Waals surface area contributed by atoms with Crippen LogP contribution in [0, 0.1) is 0 Å². The van der Waals surface area contributed by atoms with E-state index < -0.39 is 0 Å². The summed E-state index contributed by atoms with van der Waals surface area (Å²) < 4.78 is 0. The molecule has 1 aromatic heterocycles. The van der Waals surface area contributed by atoms with Gasteiger partial charge in [-0.2, -0.15) is 11.8 Å². The van der Waals surface area contributed by atoms with Crippen LogP contribution in [-0.4, -0.2) is 21.0 Å². The Labute approximate surface area is 101 Å². The van der Waals surface area contributed by atoms with Gasteiger partial charge in [-0.15, -0.1) is 0 Å². The van der Waals surface area contributed by atoms with E-state index in [0.717, 1.165) is 16.6 Å². The summed E-state index contributed by atoms with van der Waals surface area (Å²) in [5.74, 6) is 0.984. The highest BCUT2D eigenvalue weighted by Gasteiger charge is 2.15. The normalized spacial score (nSPS) is 19.6. The van der Waals surface area contributed by atoms with Crippen molar-refractivity contribution in [3.8, 4) is 0 Å². The highest BCUT2D eigenvalue weighted by Crippen LogP contribution is 2.30. The van der Waals surface area contributed by atoms with E-state index in [1.54, 1.807) is 6.33 Å². The van der Waals surface area contributed by atoms with Crippen molar-refractivity contribution in [3.05, 3.63) is 24.3 Å². The van der Waals surface area contributed by atoms with Crippen LogP contribution in [0.15, 0.2) is 18.7 Å². The Kier molecular flexibility index (Phi) is 4.60. The summed E-state index contributed by atoms with van der Waals surface area (Å²) in [7, 11) is 0. The van der Waals surface area contributed by atoms with Gasteiger partial charge >= 0.3 is 0 Å². The van der Waals surface area contributed by atoms with Crippen molar-refractivity contribution in [3.63, 3.8) is 0 Å². The van der Waals surface area contributed by atoms with Crippen LogP contribution in [0.1, 0.15) is 43.7 Å². The Hall–Kier alpha value is -0.610. The molecule has 3 nitrogen and oxygen atoms in total. The molecule has 88 valence electrons. The van der Waals surface area contributed by atoms with Crippen LogP contribution in [0.25, 0.3) is 0 Å². The highest BCUT2D eigenvalue weighted by molar-refractivity contribution is 7.99. The van der Waals surface area contributed by atoms with Crippen LogP contribution >= 0.6 is 11.8 Å². The van der Waals surface area contributed by atoms with Crippen molar-refractivity contribution in [2.75, 3.05) is 5.75 Å². The van der Waals surface area contributed by atoms with Gasteiger partial charge < -0.3 is 5.73 Å². The van der Waals surface area contributed by atoms with E-state index in [1.165, 1.54) is 32.1 Å². The first-order valence-corrected chi connectivity index (χ1v) is 7.03. The van der Waals surface area contributed by atoms with E-state index in [4.69, 9.17) is 5.73 Å². The summed E-state index contributed by atoms with van der Waals surface area (Å²) >= 11 is 2.02. The molecular formula is C12H19N3S. The summed E-state index contributed by atoms with van der Waals surface area (Å²) in [6.07, 6.45) is 12.1. The lowest BCUT2D eigenvalue weighted by molar-refractivity contribution is 0.515. The predicted molar refractivity (Wildman–Crippen MR) is 68.3 cm³/mol. The summed E-state index contributed by atoms with van der Waals surface area (Å²) in [6.45, 7) is 0. The number of hydrogen-bond acceptors (Lipinski definition) is 4. The topological polar surface area (TPSA) is 51.8 Å². The van der Waals surface area contributed by atoms with Crippen molar-refractivity contribution < 1.29 is 0 Å². The molecule has 1 atom stereocenters. The second-order valence-corrected chi connectivity index (χ2v) is 5.70. The summed E-state index contributed by atoms with van der Waals surface area (Å²) in [6, 6.07) is 0.0770. The molecule has 2 rings (SSSR count). The first kappa shape index (κ1) is 11.9. The molecule has 1 unspecified atom stereocenters. The predicted octanol–water partition coefficient (Wildman–Crippen LogP) is 2.54. The van der Waals surface area contributed by atoms with Gasteiger partial charge in [-0.1, -0.05) is 19.3 Å². The van der Waals surface area contributed by atoms with E-state index in [0.29, 0.717) is 0 Å². The van der Waals surface area contributed by atoms with Crippen LogP contribution in [-0.2, 0) is 0 Å². The Morgan fingerprint density at radius 3 is 2.62 bits per heavy atom. The number of hydrogen-bond donors (Lipinski definition) is 1. The fraction of sp³-hybridized carbons (Fsp3) is 0.667. The largest absolute Gasteiger partial charge is 0.323 e. The SMILES string of the molecule is NC(CSC1CCCCC1)c1cncnc1. The van der Waals surface area contributed by atoms with Crippen molar-refractivity contribution in [1.82, 2.24) is 9.97 Å². The van der Waals surface area contributed by atoms with Crippen LogP contribution in [0.4, 0.5) is 0 Å². The average molecular weight is 237 g/mol. The fourth-order valence-corrected chi connectivity index (χ4v) is 3.41. The van der Waals surface area contributed by atoms with Gasteiger partial charge in [0.15, 0.2) is 0 Å². The summed E-state index contributed by atoms with van der Waals surface area (Å²) in [5, 5.41) is 0.824. The maximum absolute atomic E-state index is 6.11. The molecule has 0 aliphatic heterocycles. The first-order chi connectivity index (χ1) is 7.86. The fourth-order valence-electron chi connectivity index (χ4n) is 2.07. The van der Waals surface area contributed by atoms with Gasteiger partial charge in [-0.05, 0) is 12.8 Å². The second kappa shape index (κ2) is 6.21. The van der Waals surface area contributed by atoms with Gasteiger partial charge in [0.1, 0.15) is 6.33 Å². The molecule has 0 bridgehead atoms. The number of thioether (sulfide) groups is 1. The molecule has 4 heteroatoms.